The molecule has 16 aromatic rings. The first-order valence-corrected chi connectivity index (χ1v) is 31.5. The Bertz CT molecular complexity index is 5020. The minimum atomic E-state index is 1.12. The third-order valence-electron chi connectivity index (χ3n) is 16.6. The second kappa shape index (κ2) is 24.2. The number of hydrogen-bond donors (Lipinski definition) is 0. The zero-order valence-corrected chi connectivity index (χ0v) is 49.8. The molecule has 416 valence electrons. The smallest absolute Gasteiger partial charge is 0.0462 e. The molecule has 0 N–H and O–H groups in total. The van der Waals surface area contributed by atoms with Crippen molar-refractivity contribution in [2.24, 2.45) is 0 Å². The lowest BCUT2D eigenvalue weighted by atomic mass is 9.98. The second-order valence-electron chi connectivity index (χ2n) is 22.0. The standard InChI is InChI=1S/2C42H29NS/c1-3-10-30(11-4-1)31-18-23-37(24-19-31)43(36-14-5-2-6-15-36)38-25-20-32(21-26-38)33-12-9-13-34(28-33)35-22-27-40-39-16-7-8-17-41(39)44-42(40)29-35;1-3-9-30(10-4-1)32-19-24-37(25-20-32)43(36-11-5-2-6-12-36)38-26-21-33(22-27-38)31-15-17-34(18-16-31)35-23-28-40-39-13-7-8-14-41(39)44-42(40)29-35/h2*1-29H. The number of hydrogen-bond acceptors (Lipinski definition) is 4. The molecule has 2 nitrogen and oxygen atoms in total. The first-order valence-electron chi connectivity index (χ1n) is 29.9. The number of fused-ring (bicyclic) bond motifs is 6. The molecule has 14 aromatic carbocycles. The van der Waals surface area contributed by atoms with Crippen LogP contribution in [0.15, 0.2) is 352 Å². The average Bonchev–Trinajstić information content (AvgIpc) is 2.47. The highest BCUT2D eigenvalue weighted by Gasteiger charge is 2.16. The third kappa shape index (κ3) is 11.1. The summed E-state index contributed by atoms with van der Waals surface area (Å²) in [5, 5.41) is 5.35. The van der Waals surface area contributed by atoms with Crippen LogP contribution in [0.1, 0.15) is 0 Å². The lowest BCUT2D eigenvalue weighted by Gasteiger charge is -2.26. The molecule has 0 bridgehead atoms. The molecule has 0 aliphatic heterocycles. The van der Waals surface area contributed by atoms with E-state index in [1.54, 1.807) is 0 Å². The summed E-state index contributed by atoms with van der Waals surface area (Å²) in [7, 11) is 0. The monoisotopic (exact) mass is 1160 g/mol. The van der Waals surface area contributed by atoms with Crippen molar-refractivity contribution in [3.63, 3.8) is 0 Å². The molecular formula is C84H58N2S2. The summed E-state index contributed by atoms with van der Waals surface area (Å²) in [6.07, 6.45) is 0. The van der Waals surface area contributed by atoms with Gasteiger partial charge in [0.25, 0.3) is 0 Å². The van der Waals surface area contributed by atoms with Gasteiger partial charge in [0.05, 0.1) is 0 Å². The summed E-state index contributed by atoms with van der Waals surface area (Å²) in [6, 6.07) is 127. The van der Waals surface area contributed by atoms with Gasteiger partial charge in [0.2, 0.25) is 0 Å². The lowest BCUT2D eigenvalue weighted by molar-refractivity contribution is 1.28. The number of rotatable bonds is 12. The number of anilines is 6. The summed E-state index contributed by atoms with van der Waals surface area (Å²) >= 11 is 3.73. The molecular weight excluding hydrogens is 1100 g/mol. The molecule has 0 saturated carbocycles. The van der Waals surface area contributed by atoms with Gasteiger partial charge in [0.15, 0.2) is 0 Å². The second-order valence-corrected chi connectivity index (χ2v) is 24.2. The Labute approximate surface area is 522 Å². The van der Waals surface area contributed by atoms with E-state index in [1.807, 2.05) is 22.7 Å². The van der Waals surface area contributed by atoms with E-state index >= 15 is 0 Å². The predicted octanol–water partition coefficient (Wildman–Crippen LogP) is 25.1. The molecule has 0 radical (unpaired) electrons. The summed E-state index contributed by atoms with van der Waals surface area (Å²) in [5.41, 5.74) is 21.4. The first kappa shape index (κ1) is 53.8. The van der Waals surface area contributed by atoms with E-state index in [9.17, 15) is 0 Å². The van der Waals surface area contributed by atoms with E-state index in [1.165, 1.54) is 107 Å². The Balaban J connectivity index is 0.000000148. The minimum absolute atomic E-state index is 1.12. The van der Waals surface area contributed by atoms with Crippen LogP contribution in [0, 0.1) is 0 Å². The van der Waals surface area contributed by atoms with Crippen LogP contribution in [-0.2, 0) is 0 Å². The molecule has 0 aliphatic rings. The zero-order valence-electron chi connectivity index (χ0n) is 48.2. The molecule has 2 heterocycles. The molecule has 0 atom stereocenters. The summed E-state index contributed by atoms with van der Waals surface area (Å²) < 4.78 is 5.34. The summed E-state index contributed by atoms with van der Waals surface area (Å²) in [4.78, 5) is 4.63. The molecule has 2 aromatic heterocycles. The highest BCUT2D eigenvalue weighted by Crippen LogP contribution is 2.42. The molecule has 0 saturated heterocycles. The minimum Gasteiger partial charge on any atom is -0.311 e. The van der Waals surface area contributed by atoms with Crippen LogP contribution in [0.5, 0.6) is 0 Å². The molecule has 0 spiro atoms. The van der Waals surface area contributed by atoms with E-state index < -0.39 is 0 Å². The Morgan fingerprint density at radius 2 is 0.375 bits per heavy atom. The highest BCUT2D eigenvalue weighted by atomic mass is 32.1. The Morgan fingerprint density at radius 1 is 0.148 bits per heavy atom. The van der Waals surface area contributed by atoms with Gasteiger partial charge in [-0.05, 0) is 170 Å². The largest absolute Gasteiger partial charge is 0.311 e. The first-order chi connectivity index (χ1) is 43.6. The number of para-hydroxylation sites is 2. The van der Waals surface area contributed by atoms with Crippen molar-refractivity contribution in [2.75, 3.05) is 9.80 Å². The topological polar surface area (TPSA) is 6.48 Å². The zero-order chi connectivity index (χ0) is 58.6. The van der Waals surface area contributed by atoms with Gasteiger partial charge in [0.1, 0.15) is 0 Å². The molecule has 0 amide bonds. The summed E-state index contributed by atoms with van der Waals surface area (Å²) in [5.74, 6) is 0. The van der Waals surface area contributed by atoms with E-state index in [-0.39, 0.29) is 0 Å². The maximum absolute atomic E-state index is 2.34. The maximum Gasteiger partial charge on any atom is 0.0462 e. The van der Waals surface area contributed by atoms with Crippen LogP contribution in [0.25, 0.3) is 107 Å². The van der Waals surface area contributed by atoms with Gasteiger partial charge in [-0.2, -0.15) is 0 Å². The normalized spacial score (nSPS) is 11.2. The molecule has 88 heavy (non-hydrogen) atoms. The SMILES string of the molecule is c1ccc(-c2ccc(N(c3ccccc3)c3ccc(-c4ccc(-c5ccc6c(c5)sc5ccccc56)cc4)cc3)cc2)cc1.c1ccc(-c2ccc(N(c3ccccc3)c3ccc(-c4cccc(-c5ccc6c(c5)sc5ccccc56)c4)cc3)cc2)cc1. The van der Waals surface area contributed by atoms with Crippen molar-refractivity contribution in [1.29, 1.82) is 0 Å². The van der Waals surface area contributed by atoms with Gasteiger partial charge in [0, 0.05) is 74.5 Å². The van der Waals surface area contributed by atoms with Crippen molar-refractivity contribution in [3.8, 4) is 66.8 Å². The molecule has 0 aliphatic carbocycles. The fourth-order valence-electron chi connectivity index (χ4n) is 12.1. The van der Waals surface area contributed by atoms with Crippen molar-refractivity contribution in [1.82, 2.24) is 0 Å². The maximum atomic E-state index is 2.34. The Morgan fingerprint density at radius 3 is 0.750 bits per heavy atom. The van der Waals surface area contributed by atoms with Crippen LogP contribution >= 0.6 is 22.7 Å². The molecule has 0 unspecified atom stereocenters. The van der Waals surface area contributed by atoms with Crippen molar-refractivity contribution < 1.29 is 0 Å². The van der Waals surface area contributed by atoms with Crippen LogP contribution in [-0.4, -0.2) is 0 Å². The van der Waals surface area contributed by atoms with Gasteiger partial charge in [-0.1, -0.05) is 249 Å². The summed E-state index contributed by atoms with van der Waals surface area (Å²) in [6.45, 7) is 0. The van der Waals surface area contributed by atoms with Crippen LogP contribution in [0.4, 0.5) is 34.1 Å². The van der Waals surface area contributed by atoms with Crippen LogP contribution in [0.3, 0.4) is 0 Å². The van der Waals surface area contributed by atoms with E-state index in [2.05, 4.69) is 362 Å². The van der Waals surface area contributed by atoms with E-state index in [0.717, 1.165) is 34.1 Å². The Kier molecular flexibility index (Phi) is 14.8. The fraction of sp³-hybridized carbons (Fsp3) is 0. The van der Waals surface area contributed by atoms with Gasteiger partial charge < -0.3 is 9.80 Å². The molecule has 16 rings (SSSR count). The molecule has 4 heteroatoms. The highest BCUT2D eigenvalue weighted by molar-refractivity contribution is 7.26. The molecule has 0 fully saturated rings. The van der Waals surface area contributed by atoms with Crippen molar-refractivity contribution in [2.45, 2.75) is 0 Å². The Hall–Kier alpha value is -10.9. The lowest BCUT2D eigenvalue weighted by Crippen LogP contribution is -2.09. The third-order valence-corrected chi connectivity index (χ3v) is 18.9. The number of nitrogens with zero attached hydrogens (tertiary/aromatic N) is 2. The van der Waals surface area contributed by atoms with E-state index in [0.29, 0.717) is 0 Å². The van der Waals surface area contributed by atoms with Crippen molar-refractivity contribution >= 4 is 97.1 Å². The number of benzene rings is 14. The van der Waals surface area contributed by atoms with Crippen molar-refractivity contribution in [3.05, 3.63) is 352 Å². The average molecular weight is 1160 g/mol. The fourth-order valence-corrected chi connectivity index (χ4v) is 14.4. The van der Waals surface area contributed by atoms with Crippen LogP contribution < -0.4 is 9.80 Å². The van der Waals surface area contributed by atoms with Crippen LogP contribution in [0.2, 0.25) is 0 Å². The quantitative estimate of drug-likeness (QED) is 0.120. The van der Waals surface area contributed by atoms with E-state index in [4.69, 9.17) is 0 Å². The van der Waals surface area contributed by atoms with Gasteiger partial charge in [-0.15, -0.1) is 22.7 Å². The number of thiophene rings is 2. The van der Waals surface area contributed by atoms with Gasteiger partial charge >= 0.3 is 0 Å². The van der Waals surface area contributed by atoms with Gasteiger partial charge in [-0.25, -0.2) is 0 Å². The van der Waals surface area contributed by atoms with Gasteiger partial charge in [-0.3, -0.25) is 0 Å². The predicted molar refractivity (Wildman–Crippen MR) is 381 cm³/mol.